The van der Waals surface area contributed by atoms with Crippen molar-refractivity contribution in [2.75, 3.05) is 0 Å². The van der Waals surface area contributed by atoms with E-state index in [1.54, 1.807) is 12.1 Å². The van der Waals surface area contributed by atoms with E-state index in [9.17, 15) is 0 Å². The summed E-state index contributed by atoms with van der Waals surface area (Å²) in [6, 6.07) is 3.18. The van der Waals surface area contributed by atoms with Crippen LogP contribution < -0.4 is 0 Å². The predicted molar refractivity (Wildman–Crippen MR) is 70.0 cm³/mol. The Morgan fingerprint density at radius 3 is 2.07 bits per heavy atom. The van der Waals surface area contributed by atoms with Crippen LogP contribution >= 0.6 is 0 Å². The average molecular weight is 222 g/mol. The van der Waals surface area contributed by atoms with Gasteiger partial charge in [0.05, 0.1) is 7.59 Å². The van der Waals surface area contributed by atoms with Crippen LogP contribution in [0.2, 0.25) is 37.3 Å². The van der Waals surface area contributed by atoms with Gasteiger partial charge in [-0.05, 0) is 5.54 Å². The Balaban J connectivity index is 2.27. The topological polar surface area (TPSA) is 0 Å². The summed E-state index contributed by atoms with van der Waals surface area (Å²) in [5.41, 5.74) is 0.879. The standard InChI is InChI=1S/C12H22Si2/c1-13(2)10-6-7-11-14(13,3)12-8-4-5-9-12/h4-5,8-9,12H,6-7,10-11H2,1-3H3. The summed E-state index contributed by atoms with van der Waals surface area (Å²) >= 11 is 0. The van der Waals surface area contributed by atoms with Gasteiger partial charge >= 0.3 is 0 Å². The van der Waals surface area contributed by atoms with Crippen molar-refractivity contribution >= 4 is 15.2 Å². The molecule has 1 saturated heterocycles. The van der Waals surface area contributed by atoms with E-state index in [0.717, 1.165) is 5.54 Å². The Hall–Kier alpha value is -0.0862. The van der Waals surface area contributed by atoms with Gasteiger partial charge in [0.1, 0.15) is 0 Å². The van der Waals surface area contributed by atoms with Crippen LogP contribution in [0.15, 0.2) is 24.3 Å². The smallest absolute Gasteiger partial charge is 0.0560 e. The first-order chi connectivity index (χ1) is 6.56. The fraction of sp³-hybridized carbons (Fsp3) is 0.667. The summed E-state index contributed by atoms with van der Waals surface area (Å²) in [6.07, 6.45) is 12.5. The molecule has 0 spiro atoms. The number of hydrogen-bond donors (Lipinski definition) is 0. The molecule has 1 atom stereocenters. The number of allylic oxidation sites excluding steroid dienone is 4. The molecule has 0 amide bonds. The summed E-state index contributed by atoms with van der Waals surface area (Å²) in [4.78, 5) is 0. The quantitative estimate of drug-likeness (QED) is 0.585. The van der Waals surface area contributed by atoms with Crippen molar-refractivity contribution in [1.29, 1.82) is 0 Å². The van der Waals surface area contributed by atoms with Crippen molar-refractivity contribution in [1.82, 2.24) is 0 Å². The lowest BCUT2D eigenvalue weighted by molar-refractivity contribution is 0.831. The Bertz CT molecular complexity index is 266. The molecule has 2 aliphatic rings. The highest BCUT2D eigenvalue weighted by molar-refractivity contribution is 7.42. The zero-order valence-corrected chi connectivity index (χ0v) is 11.7. The second-order valence-corrected chi connectivity index (χ2v) is 21.6. The first-order valence-electron chi connectivity index (χ1n) is 5.91. The van der Waals surface area contributed by atoms with Gasteiger partial charge in [-0.25, -0.2) is 0 Å². The molecule has 0 aromatic carbocycles. The Morgan fingerprint density at radius 2 is 1.50 bits per heavy atom. The van der Waals surface area contributed by atoms with Crippen LogP contribution in [0.4, 0.5) is 0 Å². The van der Waals surface area contributed by atoms with E-state index in [0.29, 0.717) is 0 Å². The molecule has 14 heavy (non-hydrogen) atoms. The second kappa shape index (κ2) is 3.49. The first-order valence-corrected chi connectivity index (χ1v) is 12.9. The second-order valence-electron chi connectivity index (χ2n) is 5.80. The van der Waals surface area contributed by atoms with Crippen molar-refractivity contribution in [2.45, 2.75) is 50.1 Å². The van der Waals surface area contributed by atoms with Crippen molar-refractivity contribution in [3.63, 3.8) is 0 Å². The van der Waals surface area contributed by atoms with Gasteiger partial charge in [-0.2, -0.15) is 0 Å². The molecule has 2 rings (SSSR count). The lowest BCUT2D eigenvalue weighted by Crippen LogP contribution is -2.60. The monoisotopic (exact) mass is 222 g/mol. The minimum atomic E-state index is -0.966. The fourth-order valence-electron chi connectivity index (χ4n) is 3.16. The molecule has 0 nitrogen and oxygen atoms in total. The zero-order chi connectivity index (χ0) is 10.2. The Labute approximate surface area is 89.9 Å². The van der Waals surface area contributed by atoms with Crippen molar-refractivity contribution < 1.29 is 0 Å². The third kappa shape index (κ3) is 1.48. The maximum absolute atomic E-state index is 2.68. The molecule has 0 aromatic heterocycles. The highest BCUT2D eigenvalue weighted by Crippen LogP contribution is 2.44. The highest BCUT2D eigenvalue weighted by Gasteiger charge is 2.49. The minimum Gasteiger partial charge on any atom is -0.0806 e. The summed E-state index contributed by atoms with van der Waals surface area (Å²) in [6.45, 7) is 7.99. The third-order valence-corrected chi connectivity index (χ3v) is 24.5. The van der Waals surface area contributed by atoms with Gasteiger partial charge in [0.15, 0.2) is 0 Å². The molecule has 1 heterocycles. The van der Waals surface area contributed by atoms with Crippen LogP contribution in [-0.2, 0) is 0 Å². The van der Waals surface area contributed by atoms with Crippen LogP contribution in [-0.4, -0.2) is 15.2 Å². The molecule has 0 aromatic rings. The van der Waals surface area contributed by atoms with E-state index in [2.05, 4.69) is 43.9 Å². The van der Waals surface area contributed by atoms with E-state index in [4.69, 9.17) is 0 Å². The maximum atomic E-state index is 2.68. The maximum Gasteiger partial charge on any atom is 0.0560 e. The van der Waals surface area contributed by atoms with Crippen LogP contribution in [0.25, 0.3) is 0 Å². The summed E-state index contributed by atoms with van der Waals surface area (Å²) in [5.74, 6) is 0. The van der Waals surface area contributed by atoms with Crippen LogP contribution in [0, 0.1) is 0 Å². The molecule has 0 saturated carbocycles. The Kier molecular flexibility index (Phi) is 2.60. The van der Waals surface area contributed by atoms with E-state index in [-0.39, 0.29) is 0 Å². The summed E-state index contributed by atoms with van der Waals surface area (Å²) in [5, 5.41) is 0. The minimum absolute atomic E-state index is 0.873. The number of hydrogen-bond acceptors (Lipinski definition) is 0. The molecular formula is C12H22Si2. The van der Waals surface area contributed by atoms with E-state index < -0.39 is 15.2 Å². The first kappa shape index (κ1) is 10.4. The lowest BCUT2D eigenvalue weighted by Gasteiger charge is -2.48. The van der Waals surface area contributed by atoms with Crippen molar-refractivity contribution in [2.24, 2.45) is 0 Å². The largest absolute Gasteiger partial charge is 0.0806 e. The van der Waals surface area contributed by atoms with Crippen molar-refractivity contribution in [3.05, 3.63) is 24.3 Å². The molecule has 1 aliphatic heterocycles. The fourth-order valence-corrected chi connectivity index (χ4v) is 16.9. The lowest BCUT2D eigenvalue weighted by atomic mass is 10.4. The van der Waals surface area contributed by atoms with Gasteiger partial charge in [-0.15, -0.1) is 0 Å². The van der Waals surface area contributed by atoms with Crippen molar-refractivity contribution in [3.8, 4) is 0 Å². The molecule has 1 fully saturated rings. The molecule has 0 bridgehead atoms. The van der Waals surface area contributed by atoms with Gasteiger partial charge in [-0.1, -0.05) is 68.9 Å². The summed E-state index contributed by atoms with van der Waals surface area (Å²) < 4.78 is 0. The summed E-state index contributed by atoms with van der Waals surface area (Å²) in [7, 11) is -1.84. The van der Waals surface area contributed by atoms with Crippen LogP contribution in [0.5, 0.6) is 0 Å². The van der Waals surface area contributed by atoms with Gasteiger partial charge in [-0.3, -0.25) is 0 Å². The SMILES string of the molecule is C[Si]1(C)CCCC[Si]1(C)C1C=CC=C1. The van der Waals surface area contributed by atoms with E-state index >= 15 is 0 Å². The molecule has 0 radical (unpaired) electrons. The molecule has 1 unspecified atom stereocenters. The van der Waals surface area contributed by atoms with Gasteiger partial charge in [0.2, 0.25) is 0 Å². The predicted octanol–water partition coefficient (Wildman–Crippen LogP) is 4.14. The molecular weight excluding hydrogens is 200 g/mol. The average Bonchev–Trinajstić information content (AvgIpc) is 2.63. The Morgan fingerprint density at radius 1 is 0.929 bits per heavy atom. The normalized spacial score (nSPS) is 36.5. The van der Waals surface area contributed by atoms with Crippen LogP contribution in [0.3, 0.4) is 0 Å². The van der Waals surface area contributed by atoms with E-state index in [1.807, 2.05) is 0 Å². The van der Waals surface area contributed by atoms with Gasteiger partial charge in [0.25, 0.3) is 0 Å². The molecule has 0 N–H and O–H groups in total. The zero-order valence-electron chi connectivity index (χ0n) is 9.72. The number of rotatable bonds is 1. The third-order valence-electron chi connectivity index (χ3n) is 4.78. The van der Waals surface area contributed by atoms with Gasteiger partial charge in [0, 0.05) is 7.59 Å². The van der Waals surface area contributed by atoms with E-state index in [1.165, 1.54) is 12.8 Å². The highest BCUT2D eigenvalue weighted by atomic mass is 29.3. The van der Waals surface area contributed by atoms with Gasteiger partial charge < -0.3 is 0 Å². The molecule has 1 aliphatic carbocycles. The molecule has 78 valence electrons. The molecule has 2 heteroatoms. The van der Waals surface area contributed by atoms with Crippen LogP contribution in [0.1, 0.15) is 12.8 Å².